The molecule has 0 saturated heterocycles. The summed E-state index contributed by atoms with van der Waals surface area (Å²) in [6.07, 6.45) is 0. The van der Waals surface area contributed by atoms with E-state index in [-0.39, 0.29) is 4.90 Å². The summed E-state index contributed by atoms with van der Waals surface area (Å²) in [5.41, 5.74) is 4.89. The highest BCUT2D eigenvalue weighted by atomic mass is 79.9. The predicted octanol–water partition coefficient (Wildman–Crippen LogP) is 5.40. The van der Waals surface area contributed by atoms with Gasteiger partial charge < -0.3 is 9.26 Å². The number of para-hydroxylation sites is 1. The molecule has 0 saturated carbocycles. The lowest BCUT2D eigenvalue weighted by Crippen LogP contribution is -2.12. The lowest BCUT2D eigenvalue weighted by atomic mass is 9.95. The highest BCUT2D eigenvalue weighted by molar-refractivity contribution is 9.10. The fourth-order valence-corrected chi connectivity index (χ4v) is 4.28. The first-order valence-corrected chi connectivity index (χ1v) is 11.7. The summed E-state index contributed by atoms with van der Waals surface area (Å²) < 4.78 is 35.5. The first kappa shape index (κ1) is 21.3. The Balaban J connectivity index is 1.85. The minimum Gasteiger partial charge on any atom is -0.496 e. The van der Waals surface area contributed by atoms with Crippen molar-refractivity contribution in [2.24, 2.45) is 5.14 Å². The average molecular weight is 499 g/mol. The van der Waals surface area contributed by atoms with E-state index in [0.29, 0.717) is 21.5 Å². The Bertz CT molecular complexity index is 1360. The monoisotopic (exact) mass is 498 g/mol. The summed E-state index contributed by atoms with van der Waals surface area (Å²) >= 11 is 3.48. The maximum Gasteiger partial charge on any atom is 0.238 e. The summed E-state index contributed by atoms with van der Waals surface area (Å²) in [6, 6.07) is 20.4. The van der Waals surface area contributed by atoms with Crippen molar-refractivity contribution in [3.8, 4) is 39.3 Å². The smallest absolute Gasteiger partial charge is 0.238 e. The molecule has 0 bridgehead atoms. The van der Waals surface area contributed by atoms with E-state index in [0.717, 1.165) is 28.0 Å². The van der Waals surface area contributed by atoms with Crippen LogP contribution in [0.3, 0.4) is 0 Å². The van der Waals surface area contributed by atoms with Crippen LogP contribution in [0.1, 0.15) is 5.69 Å². The van der Waals surface area contributed by atoms with Crippen LogP contribution in [0.4, 0.5) is 0 Å². The van der Waals surface area contributed by atoms with E-state index in [4.69, 9.17) is 14.4 Å². The van der Waals surface area contributed by atoms with Gasteiger partial charge in [-0.3, -0.25) is 0 Å². The van der Waals surface area contributed by atoms with Crippen LogP contribution in [0.25, 0.3) is 33.6 Å². The molecular formula is C23H19BrN2O4S. The van der Waals surface area contributed by atoms with Crippen LogP contribution in [0.2, 0.25) is 0 Å². The zero-order valence-electron chi connectivity index (χ0n) is 16.8. The number of benzene rings is 3. The number of halogens is 1. The second-order valence-corrected chi connectivity index (χ2v) is 9.30. The van der Waals surface area contributed by atoms with Gasteiger partial charge in [0.25, 0.3) is 0 Å². The van der Waals surface area contributed by atoms with Crippen molar-refractivity contribution in [2.45, 2.75) is 11.8 Å². The molecule has 0 aliphatic rings. The first-order chi connectivity index (χ1) is 14.8. The molecule has 4 aromatic rings. The maximum atomic E-state index is 11.9. The van der Waals surface area contributed by atoms with Gasteiger partial charge in [0.15, 0.2) is 5.76 Å². The molecule has 0 aliphatic carbocycles. The number of ether oxygens (including phenoxy) is 1. The summed E-state index contributed by atoms with van der Waals surface area (Å²) in [6.45, 7) is 1.79. The fraction of sp³-hybridized carbons (Fsp3) is 0.0870. The van der Waals surface area contributed by atoms with Crippen molar-refractivity contribution in [2.75, 3.05) is 7.11 Å². The zero-order valence-corrected chi connectivity index (χ0v) is 19.2. The lowest BCUT2D eigenvalue weighted by Gasteiger charge is -2.12. The highest BCUT2D eigenvalue weighted by Gasteiger charge is 2.20. The lowest BCUT2D eigenvalue weighted by molar-refractivity contribution is 0.416. The Morgan fingerprint density at radius 2 is 1.58 bits per heavy atom. The summed E-state index contributed by atoms with van der Waals surface area (Å²) in [4.78, 5) is -0.00200. The van der Waals surface area contributed by atoms with E-state index in [9.17, 15) is 8.42 Å². The molecule has 0 amide bonds. The molecule has 0 fully saturated rings. The van der Waals surface area contributed by atoms with E-state index in [1.807, 2.05) is 48.5 Å². The third kappa shape index (κ3) is 4.14. The Kier molecular flexibility index (Phi) is 5.70. The van der Waals surface area contributed by atoms with Crippen LogP contribution in [-0.2, 0) is 10.0 Å². The van der Waals surface area contributed by atoms with Crippen molar-refractivity contribution in [3.63, 3.8) is 0 Å². The number of aromatic nitrogens is 1. The minimum atomic E-state index is -3.88. The Morgan fingerprint density at radius 3 is 2.16 bits per heavy atom. The first-order valence-electron chi connectivity index (χ1n) is 9.32. The van der Waals surface area contributed by atoms with Crippen LogP contribution in [0.15, 0.2) is 80.6 Å². The predicted molar refractivity (Wildman–Crippen MR) is 123 cm³/mol. The van der Waals surface area contributed by atoms with Gasteiger partial charge in [-0.1, -0.05) is 53.7 Å². The number of aryl methyl sites for hydroxylation is 1. The molecule has 1 heterocycles. The van der Waals surface area contributed by atoms with Crippen LogP contribution in [0.5, 0.6) is 5.75 Å². The molecule has 31 heavy (non-hydrogen) atoms. The van der Waals surface area contributed by atoms with Crippen molar-refractivity contribution >= 4 is 26.0 Å². The molecule has 0 radical (unpaired) electrons. The number of primary sulfonamides is 1. The van der Waals surface area contributed by atoms with Gasteiger partial charge in [0.1, 0.15) is 5.75 Å². The fourth-order valence-electron chi connectivity index (χ4n) is 3.38. The number of sulfonamides is 1. The van der Waals surface area contributed by atoms with E-state index in [2.05, 4.69) is 21.1 Å². The molecular weight excluding hydrogens is 480 g/mol. The Labute approximate surface area is 188 Å². The van der Waals surface area contributed by atoms with Gasteiger partial charge in [-0.15, -0.1) is 0 Å². The van der Waals surface area contributed by atoms with Crippen molar-refractivity contribution in [1.29, 1.82) is 0 Å². The van der Waals surface area contributed by atoms with E-state index < -0.39 is 10.0 Å². The van der Waals surface area contributed by atoms with E-state index in [1.165, 1.54) is 12.1 Å². The number of rotatable bonds is 5. The number of hydrogen-bond acceptors (Lipinski definition) is 5. The molecule has 8 heteroatoms. The second-order valence-electron chi connectivity index (χ2n) is 6.94. The molecule has 4 rings (SSSR count). The molecule has 6 nitrogen and oxygen atoms in total. The van der Waals surface area contributed by atoms with Gasteiger partial charge in [0, 0.05) is 11.1 Å². The number of methoxy groups -OCH3 is 1. The molecule has 3 aromatic carbocycles. The topological polar surface area (TPSA) is 95.4 Å². The second kappa shape index (κ2) is 8.30. The van der Waals surface area contributed by atoms with Gasteiger partial charge >= 0.3 is 0 Å². The van der Waals surface area contributed by atoms with Gasteiger partial charge in [-0.2, -0.15) is 0 Å². The molecule has 1 aromatic heterocycles. The van der Waals surface area contributed by atoms with Crippen LogP contribution >= 0.6 is 15.9 Å². The van der Waals surface area contributed by atoms with Gasteiger partial charge in [-0.25, -0.2) is 13.6 Å². The Morgan fingerprint density at radius 1 is 0.935 bits per heavy atom. The highest BCUT2D eigenvalue weighted by Crippen LogP contribution is 2.39. The third-order valence-electron chi connectivity index (χ3n) is 4.97. The van der Waals surface area contributed by atoms with Gasteiger partial charge in [0.05, 0.1) is 22.2 Å². The van der Waals surface area contributed by atoms with Gasteiger partial charge in [0.2, 0.25) is 10.0 Å². The molecule has 2 N–H and O–H groups in total. The van der Waals surface area contributed by atoms with Crippen LogP contribution in [0, 0.1) is 6.92 Å². The summed E-state index contributed by atoms with van der Waals surface area (Å²) in [5, 5.41) is 9.33. The molecule has 0 spiro atoms. The summed E-state index contributed by atoms with van der Waals surface area (Å²) in [7, 11) is -2.24. The van der Waals surface area contributed by atoms with Crippen LogP contribution < -0.4 is 9.88 Å². The molecule has 0 unspecified atom stereocenters. The third-order valence-corrected chi connectivity index (χ3v) is 6.81. The number of nitrogens with two attached hydrogens (primary N) is 1. The van der Waals surface area contributed by atoms with E-state index >= 15 is 0 Å². The molecule has 158 valence electrons. The zero-order chi connectivity index (χ0) is 22.2. The quantitative estimate of drug-likeness (QED) is 0.397. The summed E-state index contributed by atoms with van der Waals surface area (Å²) in [5.74, 6) is 1.22. The van der Waals surface area contributed by atoms with Crippen LogP contribution in [-0.4, -0.2) is 20.7 Å². The largest absolute Gasteiger partial charge is 0.496 e. The number of nitrogens with zero attached hydrogens (tertiary/aromatic N) is 1. The van der Waals surface area contributed by atoms with Gasteiger partial charge in [-0.05, 0) is 57.7 Å². The van der Waals surface area contributed by atoms with Crippen molar-refractivity contribution in [3.05, 3.63) is 76.9 Å². The van der Waals surface area contributed by atoms with Crippen molar-refractivity contribution in [1.82, 2.24) is 5.16 Å². The van der Waals surface area contributed by atoms with E-state index in [1.54, 1.807) is 20.1 Å². The minimum absolute atomic E-state index is 0.00200. The average Bonchev–Trinajstić information content (AvgIpc) is 3.11. The SMILES string of the molecule is COc1ccccc1-c1ccc(-c2ccc(S(N)(=O)=O)cc2-c2onc(C)c2Br)cc1. The Hall–Kier alpha value is -2.94. The molecule has 0 aliphatic heterocycles. The maximum absolute atomic E-state index is 11.9. The number of hydrogen-bond donors (Lipinski definition) is 1. The van der Waals surface area contributed by atoms with Crippen molar-refractivity contribution < 1.29 is 17.7 Å². The normalized spacial score (nSPS) is 11.5. The standard InChI is InChI=1S/C23H19BrN2O4S/c1-14-22(24)23(30-26-14)20-13-17(31(25,27)28)11-12-18(20)15-7-9-16(10-8-15)19-5-3-4-6-21(19)29-2/h3-13H,1-2H3,(H2,25,27,28). The molecule has 0 atom stereocenters.